The molecule has 2 atom stereocenters. The van der Waals surface area contributed by atoms with Crippen LogP contribution in [0.3, 0.4) is 0 Å². The third-order valence-electron chi connectivity index (χ3n) is 4.23. The van der Waals surface area contributed by atoms with Gasteiger partial charge in [0.15, 0.2) is 0 Å². The summed E-state index contributed by atoms with van der Waals surface area (Å²) < 4.78 is 5.59. The molecular weight excluding hydrogens is 318 g/mol. The molecule has 0 radical (unpaired) electrons. The lowest BCUT2D eigenvalue weighted by molar-refractivity contribution is -0.141. The van der Waals surface area contributed by atoms with Crippen molar-refractivity contribution in [2.75, 3.05) is 20.2 Å². The third kappa shape index (κ3) is 5.13. The molecule has 23 heavy (non-hydrogen) atoms. The summed E-state index contributed by atoms with van der Waals surface area (Å²) in [6, 6.07) is 7.15. The molecule has 0 spiro atoms. The second-order valence-electron chi connectivity index (χ2n) is 5.96. The molecular formula is C17H22ClNO4. The standard InChI is InChI=1S/C17H22ClNO4/c1-19(16(20)12-3-4-13(11-12)17(21)22)9-2-10-23-15-7-5-14(18)6-8-15/h5-8,12-13H,2-4,9-11H2,1H3,(H,21,22)/t12-,13+/m0/s1. The number of carboxylic acid groups (broad SMARTS) is 1. The van der Waals surface area contributed by atoms with Gasteiger partial charge >= 0.3 is 5.97 Å². The molecule has 0 saturated heterocycles. The molecule has 1 aliphatic carbocycles. The highest BCUT2D eigenvalue weighted by atomic mass is 35.5. The van der Waals surface area contributed by atoms with Crippen molar-refractivity contribution in [3.05, 3.63) is 29.3 Å². The molecule has 1 amide bonds. The number of aliphatic carboxylic acids is 1. The molecule has 1 N–H and O–H groups in total. The molecule has 1 aliphatic rings. The van der Waals surface area contributed by atoms with Crippen LogP contribution in [-0.2, 0) is 9.59 Å². The predicted octanol–water partition coefficient (Wildman–Crippen LogP) is 3.07. The smallest absolute Gasteiger partial charge is 0.306 e. The molecule has 1 aromatic carbocycles. The van der Waals surface area contributed by atoms with Gasteiger partial charge in [-0.3, -0.25) is 9.59 Å². The van der Waals surface area contributed by atoms with E-state index in [9.17, 15) is 9.59 Å². The lowest BCUT2D eigenvalue weighted by Gasteiger charge is -2.21. The Kier molecular flexibility index (Phi) is 6.28. The number of hydrogen-bond acceptors (Lipinski definition) is 3. The van der Waals surface area contributed by atoms with Crippen molar-refractivity contribution in [2.45, 2.75) is 25.7 Å². The van der Waals surface area contributed by atoms with Crippen molar-refractivity contribution in [3.63, 3.8) is 0 Å². The molecule has 1 fully saturated rings. The summed E-state index contributed by atoms with van der Waals surface area (Å²) in [6.07, 6.45) is 2.44. The van der Waals surface area contributed by atoms with E-state index < -0.39 is 5.97 Å². The van der Waals surface area contributed by atoms with Crippen molar-refractivity contribution >= 4 is 23.5 Å². The van der Waals surface area contributed by atoms with Crippen LogP contribution in [0.15, 0.2) is 24.3 Å². The molecule has 1 saturated carbocycles. The Morgan fingerprint density at radius 1 is 1.26 bits per heavy atom. The lowest BCUT2D eigenvalue weighted by atomic mass is 10.0. The van der Waals surface area contributed by atoms with Crippen molar-refractivity contribution in [2.24, 2.45) is 11.8 Å². The first kappa shape index (κ1) is 17.6. The highest BCUT2D eigenvalue weighted by Crippen LogP contribution is 2.32. The Hall–Kier alpha value is -1.75. The maximum atomic E-state index is 12.3. The topological polar surface area (TPSA) is 66.8 Å². The van der Waals surface area contributed by atoms with Gasteiger partial charge in [-0.2, -0.15) is 0 Å². The van der Waals surface area contributed by atoms with Gasteiger partial charge in [0.25, 0.3) is 0 Å². The largest absolute Gasteiger partial charge is 0.494 e. The van der Waals surface area contributed by atoms with Gasteiger partial charge in [0, 0.05) is 24.5 Å². The average molecular weight is 340 g/mol. The average Bonchev–Trinajstić information content (AvgIpc) is 3.02. The van der Waals surface area contributed by atoms with Gasteiger partial charge in [0.05, 0.1) is 12.5 Å². The number of carboxylic acids is 1. The quantitative estimate of drug-likeness (QED) is 0.775. The first-order chi connectivity index (χ1) is 11.0. The Balaban J connectivity index is 1.68. The first-order valence-electron chi connectivity index (χ1n) is 7.83. The summed E-state index contributed by atoms with van der Waals surface area (Å²) in [6.45, 7) is 1.11. The van der Waals surface area contributed by atoms with Crippen LogP contribution in [0, 0.1) is 11.8 Å². The second kappa shape index (κ2) is 8.20. The van der Waals surface area contributed by atoms with E-state index in [-0.39, 0.29) is 17.7 Å². The van der Waals surface area contributed by atoms with E-state index >= 15 is 0 Å². The monoisotopic (exact) mass is 339 g/mol. The van der Waals surface area contributed by atoms with Crippen LogP contribution in [-0.4, -0.2) is 42.1 Å². The van der Waals surface area contributed by atoms with Crippen LogP contribution in [0.25, 0.3) is 0 Å². The molecule has 0 unspecified atom stereocenters. The Morgan fingerprint density at radius 3 is 2.52 bits per heavy atom. The van der Waals surface area contributed by atoms with Crippen LogP contribution in [0.2, 0.25) is 5.02 Å². The fraction of sp³-hybridized carbons (Fsp3) is 0.529. The number of carbonyl (C=O) groups is 2. The Labute approximate surface area is 141 Å². The lowest BCUT2D eigenvalue weighted by Crippen LogP contribution is -2.33. The zero-order chi connectivity index (χ0) is 16.8. The van der Waals surface area contributed by atoms with E-state index in [0.29, 0.717) is 37.4 Å². The number of nitrogens with zero attached hydrogens (tertiary/aromatic N) is 1. The summed E-state index contributed by atoms with van der Waals surface area (Å²) in [5.74, 6) is -0.521. The number of benzene rings is 1. The molecule has 0 aliphatic heterocycles. The minimum absolute atomic E-state index is 0.0419. The minimum Gasteiger partial charge on any atom is -0.494 e. The maximum Gasteiger partial charge on any atom is 0.306 e. The van der Waals surface area contributed by atoms with E-state index in [4.69, 9.17) is 21.4 Å². The number of hydrogen-bond donors (Lipinski definition) is 1. The van der Waals surface area contributed by atoms with Crippen LogP contribution in [0.5, 0.6) is 5.75 Å². The summed E-state index contributed by atoms with van der Waals surface area (Å²) in [5.41, 5.74) is 0. The molecule has 2 rings (SSSR count). The molecule has 126 valence electrons. The van der Waals surface area contributed by atoms with Crippen molar-refractivity contribution in [3.8, 4) is 5.75 Å². The molecule has 0 heterocycles. The number of halogens is 1. The summed E-state index contributed by atoms with van der Waals surface area (Å²) in [4.78, 5) is 24.9. The molecule has 6 heteroatoms. The zero-order valence-corrected chi connectivity index (χ0v) is 14.0. The van der Waals surface area contributed by atoms with E-state index in [1.807, 2.05) is 12.1 Å². The number of ether oxygens (including phenoxy) is 1. The molecule has 5 nitrogen and oxygen atoms in total. The SMILES string of the molecule is CN(CCCOc1ccc(Cl)cc1)C(=O)[C@H]1CC[C@@H](C(=O)O)C1. The van der Waals surface area contributed by atoms with Crippen molar-refractivity contribution in [1.82, 2.24) is 4.90 Å². The van der Waals surface area contributed by atoms with Gasteiger partial charge in [0.2, 0.25) is 5.91 Å². The van der Waals surface area contributed by atoms with E-state index in [1.54, 1.807) is 24.1 Å². The summed E-state index contributed by atoms with van der Waals surface area (Å²) >= 11 is 5.80. The number of amides is 1. The van der Waals surface area contributed by atoms with Gasteiger partial charge < -0.3 is 14.7 Å². The van der Waals surface area contributed by atoms with Gasteiger partial charge in [-0.05, 0) is 49.9 Å². The van der Waals surface area contributed by atoms with Gasteiger partial charge in [-0.25, -0.2) is 0 Å². The van der Waals surface area contributed by atoms with E-state index in [2.05, 4.69) is 0 Å². The number of rotatable bonds is 7. The normalized spacial score (nSPS) is 20.3. The Morgan fingerprint density at radius 2 is 1.91 bits per heavy atom. The van der Waals surface area contributed by atoms with Crippen LogP contribution in [0.1, 0.15) is 25.7 Å². The molecule has 1 aromatic rings. The highest BCUT2D eigenvalue weighted by molar-refractivity contribution is 6.30. The first-order valence-corrected chi connectivity index (χ1v) is 8.21. The van der Waals surface area contributed by atoms with Crippen molar-refractivity contribution in [1.29, 1.82) is 0 Å². The minimum atomic E-state index is -0.792. The summed E-state index contributed by atoms with van der Waals surface area (Å²) in [7, 11) is 1.76. The predicted molar refractivity (Wildman–Crippen MR) is 87.7 cm³/mol. The molecule has 0 bridgehead atoms. The van der Waals surface area contributed by atoms with Crippen LogP contribution >= 0.6 is 11.6 Å². The Bertz CT molecular complexity index is 546. The zero-order valence-electron chi connectivity index (χ0n) is 13.2. The fourth-order valence-corrected chi connectivity index (χ4v) is 3.00. The third-order valence-corrected chi connectivity index (χ3v) is 4.48. The van der Waals surface area contributed by atoms with Crippen molar-refractivity contribution < 1.29 is 19.4 Å². The second-order valence-corrected chi connectivity index (χ2v) is 6.40. The van der Waals surface area contributed by atoms with Gasteiger partial charge in [0.1, 0.15) is 5.75 Å². The van der Waals surface area contributed by atoms with E-state index in [0.717, 1.165) is 12.2 Å². The number of carbonyl (C=O) groups excluding carboxylic acids is 1. The van der Waals surface area contributed by atoms with Crippen LogP contribution in [0.4, 0.5) is 0 Å². The maximum absolute atomic E-state index is 12.3. The van der Waals surface area contributed by atoms with E-state index in [1.165, 1.54) is 0 Å². The molecule has 0 aromatic heterocycles. The van der Waals surface area contributed by atoms with Gasteiger partial charge in [-0.1, -0.05) is 11.6 Å². The fourth-order valence-electron chi connectivity index (χ4n) is 2.87. The van der Waals surface area contributed by atoms with Crippen LogP contribution < -0.4 is 4.74 Å². The van der Waals surface area contributed by atoms with Gasteiger partial charge in [-0.15, -0.1) is 0 Å². The summed E-state index contributed by atoms with van der Waals surface area (Å²) in [5, 5.41) is 9.67. The highest BCUT2D eigenvalue weighted by Gasteiger charge is 2.34.